The SMILES string of the molecule is C=CC1CCC(C2CCC(C3CCC(C4CCC(C=C)C4)CC3)CC2)CC1. The number of hydrogen-bond donors (Lipinski definition) is 0. The molecule has 27 heavy (non-hydrogen) atoms. The maximum absolute atomic E-state index is 4.04. The Labute approximate surface area is 169 Å². The van der Waals surface area contributed by atoms with Crippen molar-refractivity contribution in [3.8, 4) is 0 Å². The molecule has 0 aliphatic heterocycles. The highest BCUT2D eigenvalue weighted by Crippen LogP contribution is 2.48. The third kappa shape index (κ3) is 4.73. The van der Waals surface area contributed by atoms with Crippen molar-refractivity contribution < 1.29 is 0 Å². The van der Waals surface area contributed by atoms with Crippen molar-refractivity contribution in [3.05, 3.63) is 25.3 Å². The van der Waals surface area contributed by atoms with E-state index in [0.29, 0.717) is 0 Å². The van der Waals surface area contributed by atoms with Gasteiger partial charge < -0.3 is 0 Å². The van der Waals surface area contributed by atoms with Crippen molar-refractivity contribution in [2.45, 2.75) is 96.3 Å². The van der Waals surface area contributed by atoms with Crippen molar-refractivity contribution in [1.29, 1.82) is 0 Å². The Morgan fingerprint density at radius 3 is 1.04 bits per heavy atom. The molecule has 4 fully saturated rings. The summed E-state index contributed by atoms with van der Waals surface area (Å²) >= 11 is 0. The molecular weight excluding hydrogens is 324 g/mol. The fraction of sp³-hybridized carbons (Fsp3) is 0.852. The molecule has 0 amide bonds. The maximum atomic E-state index is 4.04. The Morgan fingerprint density at radius 2 is 0.667 bits per heavy atom. The predicted octanol–water partition coefficient (Wildman–Crippen LogP) is 8.19. The molecule has 0 N–H and O–H groups in total. The van der Waals surface area contributed by atoms with Crippen LogP contribution in [0.25, 0.3) is 0 Å². The molecule has 0 radical (unpaired) electrons. The summed E-state index contributed by atoms with van der Waals surface area (Å²) < 4.78 is 0. The molecule has 0 nitrogen and oxygen atoms in total. The van der Waals surface area contributed by atoms with Crippen LogP contribution in [-0.2, 0) is 0 Å². The van der Waals surface area contributed by atoms with E-state index in [-0.39, 0.29) is 0 Å². The first-order chi connectivity index (χ1) is 13.3. The molecule has 0 spiro atoms. The van der Waals surface area contributed by atoms with Crippen LogP contribution >= 0.6 is 0 Å². The Morgan fingerprint density at radius 1 is 0.370 bits per heavy atom. The molecule has 4 saturated carbocycles. The summed E-state index contributed by atoms with van der Waals surface area (Å²) in [5.74, 6) is 8.04. The van der Waals surface area contributed by atoms with Crippen LogP contribution in [-0.4, -0.2) is 0 Å². The predicted molar refractivity (Wildman–Crippen MR) is 118 cm³/mol. The summed E-state index contributed by atoms with van der Waals surface area (Å²) in [6.07, 6.45) is 27.1. The molecule has 0 heterocycles. The van der Waals surface area contributed by atoms with Crippen LogP contribution in [0.1, 0.15) is 96.3 Å². The van der Waals surface area contributed by atoms with Crippen LogP contribution in [0.3, 0.4) is 0 Å². The molecule has 2 atom stereocenters. The van der Waals surface area contributed by atoms with E-state index >= 15 is 0 Å². The second kappa shape index (κ2) is 9.32. The molecule has 0 bridgehead atoms. The van der Waals surface area contributed by atoms with Gasteiger partial charge in [-0.2, -0.15) is 0 Å². The zero-order valence-corrected chi connectivity index (χ0v) is 17.8. The van der Waals surface area contributed by atoms with E-state index in [2.05, 4.69) is 25.3 Å². The summed E-state index contributed by atoms with van der Waals surface area (Å²) in [5, 5.41) is 0. The molecular formula is C27H44. The maximum Gasteiger partial charge on any atom is -0.0233 e. The molecule has 0 saturated heterocycles. The second-order valence-corrected chi connectivity index (χ2v) is 10.8. The minimum Gasteiger partial charge on any atom is -0.103 e. The summed E-state index contributed by atoms with van der Waals surface area (Å²) in [7, 11) is 0. The van der Waals surface area contributed by atoms with Gasteiger partial charge in [0.05, 0.1) is 0 Å². The van der Waals surface area contributed by atoms with Gasteiger partial charge in [0.2, 0.25) is 0 Å². The number of hydrogen-bond acceptors (Lipinski definition) is 0. The standard InChI is InChI=1S/C27H44/c1-3-20-5-8-22(9-6-20)23-11-13-24(14-12-23)25-15-17-26(18-16-25)27-10-7-21(4-2)19-27/h3-4,20-27H,1-2,5-19H2. The van der Waals surface area contributed by atoms with E-state index in [0.717, 1.165) is 47.3 Å². The van der Waals surface area contributed by atoms with Gasteiger partial charge in [-0.15, -0.1) is 13.2 Å². The molecule has 0 heteroatoms. The van der Waals surface area contributed by atoms with Gasteiger partial charge in [-0.05, 0) is 144 Å². The van der Waals surface area contributed by atoms with Crippen molar-refractivity contribution in [2.75, 3.05) is 0 Å². The van der Waals surface area contributed by atoms with E-state index in [4.69, 9.17) is 0 Å². The van der Waals surface area contributed by atoms with Gasteiger partial charge in [-0.1, -0.05) is 12.2 Å². The number of rotatable bonds is 5. The van der Waals surface area contributed by atoms with E-state index in [1.54, 1.807) is 51.4 Å². The Kier molecular flexibility index (Phi) is 6.83. The molecule has 4 aliphatic carbocycles. The van der Waals surface area contributed by atoms with Crippen LogP contribution in [0.4, 0.5) is 0 Å². The fourth-order valence-corrected chi connectivity index (χ4v) is 7.72. The Hall–Kier alpha value is -0.520. The van der Waals surface area contributed by atoms with Gasteiger partial charge in [0.1, 0.15) is 0 Å². The minimum atomic E-state index is 0.828. The van der Waals surface area contributed by atoms with Gasteiger partial charge in [0, 0.05) is 0 Å². The normalized spacial score (nSPS) is 46.1. The molecule has 4 rings (SSSR count). The third-order valence-corrected chi connectivity index (χ3v) is 9.63. The summed E-state index contributed by atoms with van der Waals surface area (Å²) in [6.45, 7) is 8.06. The van der Waals surface area contributed by atoms with Gasteiger partial charge in [0.15, 0.2) is 0 Å². The minimum absolute atomic E-state index is 0.828. The van der Waals surface area contributed by atoms with Gasteiger partial charge in [-0.3, -0.25) is 0 Å². The van der Waals surface area contributed by atoms with Gasteiger partial charge in [0.25, 0.3) is 0 Å². The van der Waals surface area contributed by atoms with Crippen LogP contribution in [0.15, 0.2) is 25.3 Å². The monoisotopic (exact) mass is 368 g/mol. The lowest BCUT2D eigenvalue weighted by atomic mass is 9.64. The van der Waals surface area contributed by atoms with Crippen molar-refractivity contribution in [3.63, 3.8) is 0 Å². The highest BCUT2D eigenvalue weighted by molar-refractivity contribution is 4.92. The Balaban J connectivity index is 1.18. The van der Waals surface area contributed by atoms with E-state index in [1.807, 2.05) is 0 Å². The van der Waals surface area contributed by atoms with Crippen LogP contribution in [0, 0.1) is 47.3 Å². The van der Waals surface area contributed by atoms with E-state index in [9.17, 15) is 0 Å². The molecule has 0 aromatic heterocycles. The van der Waals surface area contributed by atoms with Gasteiger partial charge >= 0.3 is 0 Å². The van der Waals surface area contributed by atoms with E-state index < -0.39 is 0 Å². The van der Waals surface area contributed by atoms with Crippen molar-refractivity contribution in [2.24, 2.45) is 47.3 Å². The van der Waals surface area contributed by atoms with Crippen molar-refractivity contribution >= 4 is 0 Å². The smallest absolute Gasteiger partial charge is 0.0233 e. The summed E-state index contributed by atoms with van der Waals surface area (Å²) in [5.41, 5.74) is 0. The Bertz CT molecular complexity index is 466. The fourth-order valence-electron chi connectivity index (χ4n) is 7.72. The first kappa shape index (κ1) is 19.8. The lowest BCUT2D eigenvalue weighted by Gasteiger charge is -2.42. The zero-order chi connectivity index (χ0) is 18.6. The first-order valence-corrected chi connectivity index (χ1v) is 12.5. The largest absolute Gasteiger partial charge is 0.103 e. The van der Waals surface area contributed by atoms with Crippen molar-refractivity contribution in [1.82, 2.24) is 0 Å². The summed E-state index contributed by atoms with van der Waals surface area (Å²) in [6, 6.07) is 0. The second-order valence-electron chi connectivity index (χ2n) is 10.8. The highest BCUT2D eigenvalue weighted by Gasteiger charge is 2.37. The first-order valence-electron chi connectivity index (χ1n) is 12.5. The van der Waals surface area contributed by atoms with Crippen LogP contribution < -0.4 is 0 Å². The molecule has 0 aromatic rings. The molecule has 152 valence electrons. The lowest BCUT2D eigenvalue weighted by Crippen LogP contribution is -2.30. The van der Waals surface area contributed by atoms with Crippen LogP contribution in [0.5, 0.6) is 0 Å². The average molecular weight is 369 g/mol. The topological polar surface area (TPSA) is 0 Å². The zero-order valence-electron chi connectivity index (χ0n) is 17.8. The summed E-state index contributed by atoms with van der Waals surface area (Å²) in [4.78, 5) is 0. The average Bonchev–Trinajstić information content (AvgIpc) is 3.23. The highest BCUT2D eigenvalue weighted by atomic mass is 14.4. The van der Waals surface area contributed by atoms with E-state index in [1.165, 1.54) is 44.9 Å². The molecule has 0 aromatic carbocycles. The number of allylic oxidation sites excluding steroid dienone is 2. The lowest BCUT2D eigenvalue weighted by molar-refractivity contribution is 0.0986. The van der Waals surface area contributed by atoms with Crippen LogP contribution in [0.2, 0.25) is 0 Å². The third-order valence-electron chi connectivity index (χ3n) is 9.63. The quantitative estimate of drug-likeness (QED) is 0.429. The van der Waals surface area contributed by atoms with Gasteiger partial charge in [-0.25, -0.2) is 0 Å². The molecule has 4 aliphatic rings. The molecule has 2 unspecified atom stereocenters.